The fourth-order valence-electron chi connectivity index (χ4n) is 1.25. The molecule has 0 fully saturated rings. The first-order valence-electron chi connectivity index (χ1n) is 4.08. The third-order valence-corrected chi connectivity index (χ3v) is 1.97. The number of aryl methyl sites for hydroxylation is 2. The summed E-state index contributed by atoms with van der Waals surface area (Å²) in [7, 11) is 1.99. The maximum absolute atomic E-state index is 4.41. The molecule has 0 amide bonds. The van der Waals surface area contributed by atoms with Gasteiger partial charge >= 0.3 is 0 Å². The second kappa shape index (κ2) is 2.59. The minimum atomic E-state index is 0.890. The van der Waals surface area contributed by atoms with Gasteiger partial charge < -0.3 is 4.57 Å². The molecule has 3 nitrogen and oxygen atoms in total. The molecule has 0 aliphatic heterocycles. The number of fused-ring (bicyclic) bond motifs is 1. The van der Waals surface area contributed by atoms with Crippen molar-refractivity contribution in [3.63, 3.8) is 0 Å². The highest BCUT2D eigenvalue weighted by molar-refractivity contribution is 5.74. The Kier molecular flexibility index (Phi) is 1.57. The van der Waals surface area contributed by atoms with Gasteiger partial charge in [0, 0.05) is 31.2 Å². The van der Waals surface area contributed by atoms with Crippen LogP contribution in [0.3, 0.4) is 0 Å². The van der Waals surface area contributed by atoms with Crippen LogP contribution in [0.5, 0.6) is 0 Å². The van der Waals surface area contributed by atoms with Gasteiger partial charge in [-0.2, -0.15) is 0 Å². The lowest BCUT2D eigenvalue weighted by atomic mass is 10.4. The van der Waals surface area contributed by atoms with Crippen LogP contribution in [-0.4, -0.2) is 14.5 Å². The Morgan fingerprint density at radius 3 is 3.08 bits per heavy atom. The topological polar surface area (TPSA) is 30.7 Å². The van der Waals surface area contributed by atoms with E-state index in [0.717, 1.165) is 23.3 Å². The highest BCUT2D eigenvalue weighted by Crippen LogP contribution is 2.10. The van der Waals surface area contributed by atoms with E-state index in [2.05, 4.69) is 16.9 Å². The van der Waals surface area contributed by atoms with Crippen molar-refractivity contribution in [2.45, 2.75) is 13.3 Å². The molecule has 0 aliphatic carbocycles. The van der Waals surface area contributed by atoms with Gasteiger partial charge in [-0.05, 0) is 6.07 Å². The quantitative estimate of drug-likeness (QED) is 0.635. The van der Waals surface area contributed by atoms with Crippen molar-refractivity contribution in [2.75, 3.05) is 0 Å². The Bertz CT molecular complexity index is 403. The molecule has 0 N–H and O–H groups in total. The van der Waals surface area contributed by atoms with E-state index in [0.29, 0.717) is 0 Å². The second-order valence-corrected chi connectivity index (χ2v) is 2.85. The van der Waals surface area contributed by atoms with Gasteiger partial charge in [-0.1, -0.05) is 6.92 Å². The van der Waals surface area contributed by atoms with E-state index in [1.165, 1.54) is 0 Å². The van der Waals surface area contributed by atoms with Crippen molar-refractivity contribution in [3.05, 3.63) is 24.3 Å². The van der Waals surface area contributed by atoms with E-state index in [1.54, 1.807) is 0 Å². The van der Waals surface area contributed by atoms with Gasteiger partial charge in [0.05, 0.1) is 0 Å². The third kappa shape index (κ3) is 0.978. The zero-order chi connectivity index (χ0) is 8.55. The molecule has 0 saturated carbocycles. The van der Waals surface area contributed by atoms with Crippen LogP contribution in [0.4, 0.5) is 0 Å². The first kappa shape index (κ1) is 7.28. The molecule has 0 spiro atoms. The van der Waals surface area contributed by atoms with Crippen LogP contribution in [-0.2, 0) is 13.5 Å². The van der Waals surface area contributed by atoms with Gasteiger partial charge in [0.1, 0.15) is 11.5 Å². The molecule has 2 aromatic rings. The van der Waals surface area contributed by atoms with E-state index in [9.17, 15) is 0 Å². The summed E-state index contributed by atoms with van der Waals surface area (Å²) in [5, 5.41) is 1.11. The van der Waals surface area contributed by atoms with Gasteiger partial charge in [-0.15, -0.1) is 0 Å². The Balaban J connectivity index is 2.71. The Morgan fingerprint density at radius 2 is 2.33 bits per heavy atom. The molecule has 0 bridgehead atoms. The maximum Gasteiger partial charge on any atom is 0.143 e. The van der Waals surface area contributed by atoms with Crippen LogP contribution in [0.1, 0.15) is 12.7 Å². The molecule has 0 aliphatic rings. The van der Waals surface area contributed by atoms with Crippen molar-refractivity contribution in [2.24, 2.45) is 7.05 Å². The number of aromatic nitrogens is 3. The molecule has 0 unspecified atom stereocenters. The molecular weight excluding hydrogens is 150 g/mol. The SMILES string of the molecule is CCc1ncc2ccn(C)c2n1. The van der Waals surface area contributed by atoms with Gasteiger partial charge in [0.15, 0.2) is 0 Å². The molecule has 2 aromatic heterocycles. The lowest BCUT2D eigenvalue weighted by Crippen LogP contribution is -1.95. The molecule has 0 saturated heterocycles. The van der Waals surface area contributed by atoms with Crippen molar-refractivity contribution in [1.82, 2.24) is 14.5 Å². The summed E-state index contributed by atoms with van der Waals surface area (Å²) in [6, 6.07) is 2.02. The van der Waals surface area contributed by atoms with Crippen molar-refractivity contribution in [3.8, 4) is 0 Å². The summed E-state index contributed by atoms with van der Waals surface area (Å²) in [6.07, 6.45) is 4.76. The van der Waals surface area contributed by atoms with Crippen molar-refractivity contribution < 1.29 is 0 Å². The number of nitrogens with zero attached hydrogens (tertiary/aromatic N) is 3. The molecule has 2 rings (SSSR count). The number of hydrogen-bond donors (Lipinski definition) is 0. The normalized spacial score (nSPS) is 10.8. The first-order valence-corrected chi connectivity index (χ1v) is 4.08. The minimum Gasteiger partial charge on any atom is -0.335 e. The third-order valence-electron chi connectivity index (χ3n) is 1.97. The molecule has 3 heteroatoms. The Hall–Kier alpha value is -1.38. The van der Waals surface area contributed by atoms with E-state index >= 15 is 0 Å². The summed E-state index contributed by atoms with van der Waals surface area (Å²) in [5.74, 6) is 0.907. The lowest BCUT2D eigenvalue weighted by Gasteiger charge is -1.97. The smallest absolute Gasteiger partial charge is 0.143 e. The summed E-state index contributed by atoms with van der Waals surface area (Å²) in [4.78, 5) is 8.62. The molecule has 2 heterocycles. The van der Waals surface area contributed by atoms with Gasteiger partial charge in [0.2, 0.25) is 0 Å². The number of rotatable bonds is 1. The van der Waals surface area contributed by atoms with Crippen LogP contribution < -0.4 is 0 Å². The second-order valence-electron chi connectivity index (χ2n) is 2.85. The predicted molar refractivity (Wildman–Crippen MR) is 47.9 cm³/mol. The van der Waals surface area contributed by atoms with Crippen LogP contribution in [0.2, 0.25) is 0 Å². The van der Waals surface area contributed by atoms with E-state index in [1.807, 2.05) is 30.1 Å². The van der Waals surface area contributed by atoms with Gasteiger partial charge in [0.25, 0.3) is 0 Å². The maximum atomic E-state index is 4.41. The average molecular weight is 161 g/mol. The highest BCUT2D eigenvalue weighted by atomic mass is 15.0. The molecule has 0 atom stereocenters. The van der Waals surface area contributed by atoms with Crippen LogP contribution in [0.25, 0.3) is 11.0 Å². The van der Waals surface area contributed by atoms with E-state index < -0.39 is 0 Å². The summed E-state index contributed by atoms with van der Waals surface area (Å²) < 4.78 is 2.01. The first-order chi connectivity index (χ1) is 5.81. The predicted octanol–water partition coefficient (Wildman–Crippen LogP) is 1.53. The summed E-state index contributed by atoms with van der Waals surface area (Å²) in [5.41, 5.74) is 1.02. The standard InChI is InChI=1S/C9H11N3/c1-3-8-10-6-7-4-5-12(2)9(7)11-8/h4-6H,3H2,1-2H3. The lowest BCUT2D eigenvalue weighted by molar-refractivity contribution is 0.903. The van der Waals surface area contributed by atoms with Crippen molar-refractivity contribution >= 4 is 11.0 Å². The zero-order valence-electron chi connectivity index (χ0n) is 7.28. The van der Waals surface area contributed by atoms with Crippen LogP contribution >= 0.6 is 0 Å². The molecule has 0 aromatic carbocycles. The molecule has 12 heavy (non-hydrogen) atoms. The molecule has 62 valence electrons. The summed E-state index contributed by atoms with van der Waals surface area (Å²) >= 11 is 0. The fraction of sp³-hybridized carbons (Fsp3) is 0.333. The summed E-state index contributed by atoms with van der Waals surface area (Å²) in [6.45, 7) is 2.06. The van der Waals surface area contributed by atoms with E-state index in [-0.39, 0.29) is 0 Å². The fourth-order valence-corrected chi connectivity index (χ4v) is 1.25. The molecular formula is C9H11N3. The molecule has 0 radical (unpaired) electrons. The number of hydrogen-bond acceptors (Lipinski definition) is 2. The zero-order valence-corrected chi connectivity index (χ0v) is 7.28. The van der Waals surface area contributed by atoms with Gasteiger partial charge in [-0.3, -0.25) is 0 Å². The van der Waals surface area contributed by atoms with Crippen LogP contribution in [0, 0.1) is 0 Å². The Labute approximate surface area is 71.1 Å². The van der Waals surface area contributed by atoms with E-state index in [4.69, 9.17) is 0 Å². The average Bonchev–Trinajstić information content (AvgIpc) is 2.47. The monoisotopic (exact) mass is 161 g/mol. The minimum absolute atomic E-state index is 0.890. The van der Waals surface area contributed by atoms with Crippen LogP contribution in [0.15, 0.2) is 18.5 Å². The highest BCUT2D eigenvalue weighted by Gasteiger charge is 2.00. The Morgan fingerprint density at radius 1 is 1.50 bits per heavy atom. The van der Waals surface area contributed by atoms with Crippen molar-refractivity contribution in [1.29, 1.82) is 0 Å². The van der Waals surface area contributed by atoms with Gasteiger partial charge in [-0.25, -0.2) is 9.97 Å². The largest absolute Gasteiger partial charge is 0.335 e.